The van der Waals surface area contributed by atoms with Gasteiger partial charge in [-0.3, -0.25) is 19.3 Å². The van der Waals surface area contributed by atoms with Gasteiger partial charge in [0.2, 0.25) is 11.8 Å². The molecule has 4 aromatic carbocycles. The number of hydrogen-bond acceptors (Lipinski definition) is 6. The maximum Gasteiger partial charge on any atom is 0.264 e. The van der Waals surface area contributed by atoms with Crippen LogP contribution in [0.5, 0.6) is 5.75 Å². The molecule has 0 bridgehead atoms. The van der Waals surface area contributed by atoms with Crippen LogP contribution in [0.1, 0.15) is 49.3 Å². The van der Waals surface area contributed by atoms with Crippen molar-refractivity contribution in [2.24, 2.45) is 5.92 Å². The number of fused-ring (bicyclic) bond motifs is 3. The summed E-state index contributed by atoms with van der Waals surface area (Å²) in [5.41, 5.74) is 3.96. The van der Waals surface area contributed by atoms with Crippen LogP contribution in [0.25, 0.3) is 0 Å². The van der Waals surface area contributed by atoms with Crippen molar-refractivity contribution >= 4 is 48.0 Å². The minimum atomic E-state index is -2.45. The zero-order valence-corrected chi connectivity index (χ0v) is 32.5. The molecule has 280 valence electrons. The highest BCUT2D eigenvalue weighted by Crippen LogP contribution is 2.60. The van der Waals surface area contributed by atoms with E-state index < -0.39 is 19.8 Å². The summed E-state index contributed by atoms with van der Waals surface area (Å²) in [7, 11) is -0.794. The third kappa shape index (κ3) is 5.86. The summed E-state index contributed by atoms with van der Waals surface area (Å²) in [4.78, 5) is 48.1. The Labute approximate surface area is 318 Å². The van der Waals surface area contributed by atoms with E-state index in [-0.39, 0.29) is 48.3 Å². The zero-order valence-electron chi connectivity index (χ0n) is 31.5. The SMILES string of the molecule is COc1ccc([Si](C)(C)[C@@H]2[C@@H](CC(=O)N3CCC[C@H]3CO)O[C@]3(C(=O)N(Cc4cccc(N5C(=O)CCc6ccccc65)c4)c4ccccc43)[C@H]2C)cc1. The molecular weight excluding hydrogens is 695 g/mol. The van der Waals surface area contributed by atoms with Crippen molar-refractivity contribution in [3.63, 3.8) is 0 Å². The Kier molecular flexibility index (Phi) is 9.48. The Morgan fingerprint density at radius 1 is 0.944 bits per heavy atom. The smallest absolute Gasteiger partial charge is 0.264 e. The lowest BCUT2D eigenvalue weighted by Crippen LogP contribution is -2.52. The fourth-order valence-electron chi connectivity index (χ4n) is 9.96. The molecule has 0 radical (unpaired) electrons. The monoisotopic (exact) mass is 743 g/mol. The minimum Gasteiger partial charge on any atom is -0.497 e. The summed E-state index contributed by atoms with van der Waals surface area (Å²) in [6.07, 6.45) is 2.43. The van der Waals surface area contributed by atoms with Gasteiger partial charge in [-0.25, -0.2) is 0 Å². The number of rotatable bonds is 9. The van der Waals surface area contributed by atoms with E-state index in [1.54, 1.807) is 12.0 Å². The summed E-state index contributed by atoms with van der Waals surface area (Å²) in [6, 6.07) is 31.9. The molecule has 54 heavy (non-hydrogen) atoms. The van der Waals surface area contributed by atoms with E-state index in [1.807, 2.05) is 88.7 Å². The summed E-state index contributed by atoms with van der Waals surface area (Å²) < 4.78 is 12.7. The molecular formula is C44H49N3O6Si. The number of aliphatic hydroxyl groups excluding tert-OH is 1. The third-order valence-corrected chi connectivity index (χ3v) is 17.0. The van der Waals surface area contributed by atoms with Crippen molar-refractivity contribution in [3.05, 3.63) is 114 Å². The first-order valence-corrected chi connectivity index (χ1v) is 22.3. The normalized spacial score (nSPS) is 25.0. The highest BCUT2D eigenvalue weighted by Gasteiger charge is 2.66. The number of aryl methyl sites for hydroxylation is 1. The molecule has 9 nitrogen and oxygen atoms in total. The van der Waals surface area contributed by atoms with Crippen LogP contribution in [0.4, 0.5) is 17.1 Å². The van der Waals surface area contributed by atoms with E-state index in [0.29, 0.717) is 19.5 Å². The highest BCUT2D eigenvalue weighted by atomic mass is 28.3. The maximum absolute atomic E-state index is 15.3. The van der Waals surface area contributed by atoms with E-state index in [4.69, 9.17) is 9.47 Å². The predicted molar refractivity (Wildman–Crippen MR) is 212 cm³/mol. The van der Waals surface area contributed by atoms with Gasteiger partial charge in [0.05, 0.1) is 58.3 Å². The second-order valence-corrected chi connectivity index (χ2v) is 20.6. The lowest BCUT2D eigenvalue weighted by molar-refractivity contribution is -0.150. The second-order valence-electron chi connectivity index (χ2n) is 15.9. The number of methoxy groups -OCH3 is 1. The molecule has 2 fully saturated rings. The standard InChI is InChI=1S/C44H49N3O6Si/c1-29-42(54(3,4)35-21-19-34(52-2)20-22-35)39(26-41(50)45-24-10-14-33(45)28-48)53-44(29)36-15-6-8-17-38(36)46(43(44)51)27-30-11-9-13-32(25-30)47-37-16-7-5-12-31(37)18-23-40(47)49/h5-9,11-13,15-17,19-22,25,29,33,39,42,48H,10,14,18,23-24,26-28H2,1-4H3/t29-,33-,39+,42-,44+/m0/s1. The minimum absolute atomic E-state index is 0.0356. The molecule has 0 saturated carbocycles. The number of hydrogen-bond donors (Lipinski definition) is 1. The number of ether oxygens (including phenoxy) is 2. The zero-order chi connectivity index (χ0) is 37.8. The third-order valence-electron chi connectivity index (χ3n) is 12.6. The lowest BCUT2D eigenvalue weighted by Gasteiger charge is -2.37. The van der Waals surface area contributed by atoms with Crippen LogP contribution in [-0.4, -0.2) is 68.2 Å². The van der Waals surface area contributed by atoms with Crippen LogP contribution < -0.4 is 19.7 Å². The Morgan fingerprint density at radius 2 is 1.69 bits per heavy atom. The van der Waals surface area contributed by atoms with Crippen LogP contribution >= 0.6 is 0 Å². The number of benzene rings is 4. The van der Waals surface area contributed by atoms with Crippen LogP contribution in [-0.2, 0) is 37.7 Å². The van der Waals surface area contributed by atoms with Gasteiger partial charge in [-0.15, -0.1) is 0 Å². The molecule has 2 saturated heterocycles. The first-order valence-electron chi connectivity index (χ1n) is 19.2. The average molecular weight is 744 g/mol. The molecule has 4 heterocycles. The number of nitrogens with zero attached hydrogens (tertiary/aromatic N) is 3. The summed E-state index contributed by atoms with van der Waals surface area (Å²) >= 11 is 0. The number of carbonyl (C=O) groups is 3. The fraction of sp³-hybridized carbons (Fsp3) is 0.386. The molecule has 4 aliphatic heterocycles. The first-order chi connectivity index (χ1) is 26.1. The van der Waals surface area contributed by atoms with Gasteiger partial charge < -0.3 is 24.4 Å². The summed E-state index contributed by atoms with van der Waals surface area (Å²) in [5.74, 6) is 0.412. The molecule has 4 aliphatic rings. The van der Waals surface area contributed by atoms with Crippen LogP contribution in [0.2, 0.25) is 18.6 Å². The van der Waals surface area contributed by atoms with Crippen molar-refractivity contribution in [1.29, 1.82) is 0 Å². The van der Waals surface area contributed by atoms with E-state index >= 15 is 4.79 Å². The van der Waals surface area contributed by atoms with Crippen molar-refractivity contribution in [3.8, 4) is 5.75 Å². The number of para-hydroxylation sites is 2. The van der Waals surface area contributed by atoms with Gasteiger partial charge in [0.15, 0.2) is 5.60 Å². The molecule has 3 amide bonds. The van der Waals surface area contributed by atoms with Gasteiger partial charge in [-0.2, -0.15) is 0 Å². The average Bonchev–Trinajstić information content (AvgIpc) is 3.85. The Balaban J connectivity index is 1.16. The number of aliphatic hydroxyl groups is 1. The first kappa shape index (κ1) is 36.2. The van der Waals surface area contributed by atoms with Gasteiger partial charge in [0.1, 0.15) is 5.75 Å². The van der Waals surface area contributed by atoms with Gasteiger partial charge >= 0.3 is 0 Å². The van der Waals surface area contributed by atoms with E-state index in [0.717, 1.165) is 58.8 Å². The Hall–Kier alpha value is -4.77. The van der Waals surface area contributed by atoms with Gasteiger partial charge in [0.25, 0.3) is 5.91 Å². The molecule has 1 N–H and O–H groups in total. The Bertz CT molecular complexity index is 2090. The summed E-state index contributed by atoms with van der Waals surface area (Å²) in [5, 5.41) is 11.3. The van der Waals surface area contributed by atoms with Crippen molar-refractivity contribution in [2.45, 2.75) is 82.0 Å². The van der Waals surface area contributed by atoms with Crippen molar-refractivity contribution < 1.29 is 29.0 Å². The molecule has 0 unspecified atom stereocenters. The molecule has 1 spiro atoms. The van der Waals surface area contributed by atoms with Gasteiger partial charge in [-0.1, -0.05) is 85.9 Å². The van der Waals surface area contributed by atoms with Crippen molar-refractivity contribution in [2.75, 3.05) is 30.1 Å². The molecule has 0 aromatic heterocycles. The quantitative estimate of drug-likeness (QED) is 0.198. The van der Waals surface area contributed by atoms with Crippen molar-refractivity contribution in [1.82, 2.24) is 4.90 Å². The molecule has 4 aromatic rings. The molecule has 0 aliphatic carbocycles. The van der Waals surface area contributed by atoms with Crippen LogP contribution in [0, 0.1) is 5.92 Å². The number of amides is 3. The van der Waals surface area contributed by atoms with Gasteiger partial charge in [0, 0.05) is 30.1 Å². The molecule has 10 heteroatoms. The Morgan fingerprint density at radius 3 is 2.44 bits per heavy atom. The van der Waals surface area contributed by atoms with Crippen LogP contribution in [0.3, 0.4) is 0 Å². The highest BCUT2D eigenvalue weighted by molar-refractivity contribution is 6.91. The van der Waals surface area contributed by atoms with E-state index in [2.05, 4.69) is 38.2 Å². The van der Waals surface area contributed by atoms with E-state index in [9.17, 15) is 14.7 Å². The lowest BCUT2D eigenvalue weighted by atomic mass is 9.82. The number of anilines is 3. The number of likely N-dealkylation sites (tertiary alicyclic amines) is 1. The molecule has 5 atom stereocenters. The molecule has 8 rings (SSSR count). The topological polar surface area (TPSA) is 99.6 Å². The van der Waals surface area contributed by atoms with Crippen LogP contribution in [0.15, 0.2) is 97.1 Å². The second kappa shape index (κ2) is 14.1. The van der Waals surface area contributed by atoms with Gasteiger partial charge in [-0.05, 0) is 72.3 Å². The number of carbonyl (C=O) groups excluding carboxylic acids is 3. The van der Waals surface area contributed by atoms with E-state index in [1.165, 1.54) is 5.19 Å². The summed E-state index contributed by atoms with van der Waals surface area (Å²) in [6.45, 7) is 7.62. The predicted octanol–water partition coefficient (Wildman–Crippen LogP) is 6.44. The fourth-order valence-corrected chi connectivity index (χ4v) is 14.0. The largest absolute Gasteiger partial charge is 0.497 e. The maximum atomic E-state index is 15.3.